The summed E-state index contributed by atoms with van der Waals surface area (Å²) >= 11 is 1.87. The van der Waals surface area contributed by atoms with Crippen molar-refractivity contribution in [1.29, 1.82) is 0 Å². The fourth-order valence-electron chi connectivity index (χ4n) is 8.29. The SMILES string of the molecule is C[Si](C)(C)C#CCCCCCCCCCCCCOCCCOP(=O)(O)COCCn1cnc2c(=O)[nH]c(N)nc21.C[Si](C)(C)C#CCCCCCCCCCCCCSCCCOP(=O)(O)COCCn1cnc2c(=O)[nH]c(N)nc21. The Bertz CT molecular complexity index is 2560. The molecule has 2 unspecified atom stereocenters. The van der Waals surface area contributed by atoms with Crippen molar-refractivity contribution in [3.05, 3.63) is 33.4 Å². The molecule has 0 fully saturated rings. The van der Waals surface area contributed by atoms with Crippen LogP contribution < -0.4 is 22.6 Å². The van der Waals surface area contributed by atoms with Crippen LogP contribution in [-0.2, 0) is 45.5 Å². The van der Waals surface area contributed by atoms with Crippen molar-refractivity contribution in [2.45, 2.75) is 206 Å². The standard InChI is InChI=1S/C28H50N5O6PSi.C28H50N5O5PSSi/c1-41(2,3)22-15-13-11-9-7-5-4-6-8-10-12-14-18-37-19-16-20-39-40(35,36)24-38-21-17-33-23-30-25-26(33)31-28(29)32-27(25)34;1-41(2,3)22-15-13-11-9-7-5-4-6-8-10-12-14-20-40-21-16-18-38-39(35,36)24-37-19-17-33-23-30-25-26(33)31-28(29)32-27(25)34/h2*23H,4-14,16-21,24H2,1-3H3,(H,35,36)(H3,29,31,32,34). The van der Waals surface area contributed by atoms with Crippen molar-refractivity contribution in [1.82, 2.24) is 39.0 Å². The van der Waals surface area contributed by atoms with E-state index in [-0.39, 0.29) is 55.9 Å². The largest absolute Gasteiger partial charge is 0.381 e. The summed E-state index contributed by atoms with van der Waals surface area (Å²) in [6, 6.07) is 0. The van der Waals surface area contributed by atoms with Gasteiger partial charge >= 0.3 is 15.2 Å². The summed E-state index contributed by atoms with van der Waals surface area (Å²) in [5, 5.41) is 0. The molecule has 4 aromatic heterocycles. The lowest BCUT2D eigenvalue weighted by Crippen LogP contribution is -2.16. The van der Waals surface area contributed by atoms with E-state index in [9.17, 15) is 28.5 Å². The Morgan fingerprint density at radius 2 is 0.878 bits per heavy atom. The van der Waals surface area contributed by atoms with Gasteiger partial charge in [-0.2, -0.15) is 21.7 Å². The van der Waals surface area contributed by atoms with Crippen LogP contribution in [0.4, 0.5) is 11.9 Å². The minimum Gasteiger partial charge on any atom is -0.381 e. The maximum Gasteiger partial charge on any atom is 0.353 e. The minimum absolute atomic E-state index is 0.00134. The lowest BCUT2D eigenvalue weighted by molar-refractivity contribution is 0.106. The van der Waals surface area contributed by atoms with E-state index < -0.39 is 55.2 Å². The topological polar surface area (TPSA) is 300 Å². The Morgan fingerprint density at radius 3 is 1.30 bits per heavy atom. The Morgan fingerprint density at radius 1 is 0.512 bits per heavy atom. The average molecular weight is 1240 g/mol. The van der Waals surface area contributed by atoms with E-state index in [0.717, 1.165) is 37.2 Å². The van der Waals surface area contributed by atoms with Crippen molar-refractivity contribution < 1.29 is 42.2 Å². The third kappa shape index (κ3) is 35.6. The smallest absolute Gasteiger partial charge is 0.353 e. The van der Waals surface area contributed by atoms with Crippen LogP contribution in [0.5, 0.6) is 0 Å². The highest BCUT2D eigenvalue weighted by molar-refractivity contribution is 7.99. The van der Waals surface area contributed by atoms with Gasteiger partial charge in [0.05, 0.1) is 39.1 Å². The van der Waals surface area contributed by atoms with Crippen LogP contribution in [-0.4, -0.2) is 129 Å². The molecule has 2 atom stereocenters. The van der Waals surface area contributed by atoms with Gasteiger partial charge in [0.1, 0.15) is 28.8 Å². The van der Waals surface area contributed by atoms with E-state index in [1.165, 1.54) is 135 Å². The molecule has 21 nitrogen and oxygen atoms in total. The van der Waals surface area contributed by atoms with Crippen LogP contribution >= 0.6 is 27.0 Å². The van der Waals surface area contributed by atoms with Crippen LogP contribution in [0, 0.1) is 22.9 Å². The first kappa shape index (κ1) is 72.6. The molecule has 26 heteroatoms. The van der Waals surface area contributed by atoms with Crippen LogP contribution in [0.15, 0.2) is 22.2 Å². The molecule has 4 rings (SSSR count). The fourth-order valence-corrected chi connectivity index (χ4v) is 12.2. The summed E-state index contributed by atoms with van der Waals surface area (Å²) in [6.45, 7) is 16.2. The van der Waals surface area contributed by atoms with E-state index in [1.54, 1.807) is 9.13 Å². The molecular weight excluding hydrogens is 1140 g/mol. The first-order chi connectivity index (χ1) is 39.1. The number of hydrogen-bond acceptors (Lipinski definition) is 16. The summed E-state index contributed by atoms with van der Waals surface area (Å²) in [5.41, 5.74) is 18.2. The van der Waals surface area contributed by atoms with Crippen molar-refractivity contribution in [3.8, 4) is 22.9 Å². The van der Waals surface area contributed by atoms with Gasteiger partial charge in [-0.15, -0.1) is 22.9 Å². The molecule has 0 aliphatic carbocycles. The zero-order valence-electron chi connectivity index (χ0n) is 50.3. The van der Waals surface area contributed by atoms with E-state index in [0.29, 0.717) is 37.5 Å². The number of rotatable bonds is 44. The molecule has 0 saturated carbocycles. The second-order valence-electron chi connectivity index (χ2n) is 22.7. The van der Waals surface area contributed by atoms with Gasteiger partial charge < -0.3 is 53.6 Å². The first-order valence-corrected chi connectivity index (χ1v) is 41.5. The highest BCUT2D eigenvalue weighted by Gasteiger charge is 2.21. The van der Waals surface area contributed by atoms with E-state index in [2.05, 4.69) is 92.1 Å². The second kappa shape index (κ2) is 41.4. The monoisotopic (exact) mass is 1240 g/mol. The average Bonchev–Trinajstić information content (AvgIpc) is 4.10. The van der Waals surface area contributed by atoms with E-state index in [4.69, 9.17) is 34.7 Å². The quantitative estimate of drug-likeness (QED) is 0.0104. The lowest BCUT2D eigenvalue weighted by Gasteiger charge is -2.13. The number of unbranched alkanes of at least 4 members (excludes halogenated alkanes) is 20. The second-order valence-corrected chi connectivity index (χ2v) is 37.1. The highest BCUT2D eigenvalue weighted by atomic mass is 32.2. The zero-order chi connectivity index (χ0) is 60.0. The number of nitrogen functional groups attached to an aromatic ring is 2. The Labute approximate surface area is 494 Å². The molecule has 0 spiro atoms. The highest BCUT2D eigenvalue weighted by Crippen LogP contribution is 2.42. The predicted octanol–water partition coefficient (Wildman–Crippen LogP) is 11.6. The fraction of sp³-hybridized carbons (Fsp3) is 0.750. The number of aromatic nitrogens is 8. The number of nitrogens with two attached hydrogens (primary N) is 2. The van der Waals surface area contributed by atoms with Crippen LogP contribution in [0.3, 0.4) is 0 Å². The van der Waals surface area contributed by atoms with Gasteiger partial charge in [0.2, 0.25) is 11.9 Å². The number of nitrogens with one attached hydrogen (secondary N) is 2. The third-order valence-corrected chi connectivity index (χ3v) is 17.7. The number of hydrogen-bond donors (Lipinski definition) is 6. The molecular formula is C56H100N10O11P2SSi2. The van der Waals surface area contributed by atoms with Gasteiger partial charge in [-0.3, -0.25) is 28.7 Å². The van der Waals surface area contributed by atoms with Gasteiger partial charge in [0, 0.05) is 39.1 Å². The van der Waals surface area contributed by atoms with Crippen molar-refractivity contribution in [2.24, 2.45) is 0 Å². The molecule has 0 radical (unpaired) electrons. The van der Waals surface area contributed by atoms with Crippen molar-refractivity contribution in [2.75, 3.05) is 75.3 Å². The molecule has 0 saturated heterocycles. The first-order valence-electron chi connectivity index (χ1n) is 29.8. The van der Waals surface area contributed by atoms with Crippen molar-refractivity contribution in [3.63, 3.8) is 0 Å². The summed E-state index contributed by atoms with van der Waals surface area (Å²) < 4.78 is 54.1. The molecule has 0 aliphatic rings. The van der Waals surface area contributed by atoms with Gasteiger partial charge in [0.25, 0.3) is 11.1 Å². The Kier molecular flexibility index (Phi) is 36.7. The number of thioether (sulfide) groups is 1. The van der Waals surface area contributed by atoms with E-state index >= 15 is 0 Å². The van der Waals surface area contributed by atoms with Gasteiger partial charge in [-0.1, -0.05) is 142 Å². The minimum atomic E-state index is -3.86. The number of aromatic amines is 2. The number of fused-ring (bicyclic) bond motifs is 2. The molecule has 8 N–H and O–H groups in total. The number of anilines is 2. The number of nitrogens with zero attached hydrogens (tertiary/aromatic N) is 6. The molecule has 0 amide bonds. The summed E-state index contributed by atoms with van der Waals surface area (Å²) in [7, 11) is -10.1. The lowest BCUT2D eigenvalue weighted by atomic mass is 10.1. The van der Waals surface area contributed by atoms with Crippen LogP contribution in [0.25, 0.3) is 22.3 Å². The molecule has 4 heterocycles. The molecule has 0 aliphatic heterocycles. The molecule has 4 aromatic rings. The maximum absolute atomic E-state index is 12.2. The zero-order valence-corrected chi connectivity index (χ0v) is 54.9. The van der Waals surface area contributed by atoms with Gasteiger partial charge in [-0.05, 0) is 50.0 Å². The van der Waals surface area contributed by atoms with Crippen LogP contribution in [0.2, 0.25) is 39.3 Å². The molecule has 82 heavy (non-hydrogen) atoms. The van der Waals surface area contributed by atoms with Crippen molar-refractivity contribution >= 4 is 77.3 Å². The van der Waals surface area contributed by atoms with Gasteiger partial charge in [-0.25, -0.2) is 9.97 Å². The number of ether oxygens (including phenoxy) is 3. The number of imidazole rings is 2. The number of H-pyrrole nitrogens is 2. The predicted molar refractivity (Wildman–Crippen MR) is 340 cm³/mol. The molecule has 464 valence electrons. The summed E-state index contributed by atoms with van der Waals surface area (Å²) in [6.07, 6.45) is 31.2. The molecule has 0 aromatic carbocycles. The maximum atomic E-state index is 12.2. The van der Waals surface area contributed by atoms with Gasteiger partial charge in [0.15, 0.2) is 22.3 Å². The summed E-state index contributed by atoms with van der Waals surface area (Å²) in [4.78, 5) is 64.5. The van der Waals surface area contributed by atoms with Crippen LogP contribution in [0.1, 0.15) is 154 Å². The Balaban J connectivity index is 0.000000430. The normalized spacial score (nSPS) is 13.3. The molecule has 0 bridgehead atoms. The Hall–Kier alpha value is -3.62. The summed E-state index contributed by atoms with van der Waals surface area (Å²) in [5.74, 6) is 8.74. The van der Waals surface area contributed by atoms with E-state index in [1.807, 2.05) is 11.8 Å². The third-order valence-electron chi connectivity index (χ3n) is 12.5.